The van der Waals surface area contributed by atoms with Crippen LogP contribution in [0.25, 0.3) is 0 Å². The van der Waals surface area contributed by atoms with E-state index in [0.29, 0.717) is 6.04 Å². The number of benzene rings is 1. The molecule has 0 radical (unpaired) electrons. The average molecular weight is 292 g/mol. The first-order valence-electron chi connectivity index (χ1n) is 7.73. The van der Waals surface area contributed by atoms with Crippen LogP contribution >= 0.6 is 0 Å². The van der Waals surface area contributed by atoms with Crippen molar-refractivity contribution in [3.05, 3.63) is 29.3 Å². The van der Waals surface area contributed by atoms with Crippen LogP contribution < -0.4 is 4.74 Å². The Bertz CT molecular complexity index is 476. The summed E-state index contributed by atoms with van der Waals surface area (Å²) in [6.07, 6.45) is 0.478. The van der Waals surface area contributed by atoms with Crippen molar-refractivity contribution < 1.29 is 9.84 Å². The maximum Gasteiger partial charge on any atom is 0.119 e. The summed E-state index contributed by atoms with van der Waals surface area (Å²) in [5.41, 5.74) is 2.26. The number of likely N-dealkylation sites (N-methyl/N-ethyl adjacent to an activating group) is 2. The van der Waals surface area contributed by atoms with E-state index in [2.05, 4.69) is 43.8 Å². The van der Waals surface area contributed by atoms with E-state index in [1.165, 1.54) is 5.56 Å². The highest BCUT2D eigenvalue weighted by Gasteiger charge is 2.36. The SMILES string of the molecule is CCN(C(C)CN(C)C)C1Cc2ccc(OC)cc2C1O. The molecule has 21 heavy (non-hydrogen) atoms. The molecule has 1 N–H and O–H groups in total. The molecule has 1 aromatic carbocycles. The summed E-state index contributed by atoms with van der Waals surface area (Å²) in [7, 11) is 5.85. The highest BCUT2D eigenvalue weighted by molar-refractivity contribution is 5.41. The van der Waals surface area contributed by atoms with Gasteiger partial charge in [-0.05, 0) is 57.2 Å². The lowest BCUT2D eigenvalue weighted by Crippen LogP contribution is -2.47. The molecule has 0 fully saturated rings. The highest BCUT2D eigenvalue weighted by Crippen LogP contribution is 2.37. The number of rotatable bonds is 6. The standard InChI is InChI=1S/C17H28N2O2/c1-6-19(12(2)11-18(3)4)16-9-13-7-8-14(21-5)10-15(13)17(16)20/h7-8,10,12,16-17,20H,6,9,11H2,1-5H3. The molecule has 0 bridgehead atoms. The maximum atomic E-state index is 10.7. The predicted molar refractivity (Wildman–Crippen MR) is 85.8 cm³/mol. The van der Waals surface area contributed by atoms with Crippen molar-refractivity contribution in [2.75, 3.05) is 34.3 Å². The van der Waals surface area contributed by atoms with Gasteiger partial charge in [-0.2, -0.15) is 0 Å². The third-order valence-electron chi connectivity index (χ3n) is 4.45. The Morgan fingerprint density at radius 3 is 2.67 bits per heavy atom. The van der Waals surface area contributed by atoms with E-state index in [4.69, 9.17) is 4.74 Å². The summed E-state index contributed by atoms with van der Waals surface area (Å²) in [5.74, 6) is 0.817. The van der Waals surface area contributed by atoms with Gasteiger partial charge in [0.25, 0.3) is 0 Å². The van der Waals surface area contributed by atoms with Crippen molar-refractivity contribution in [3.8, 4) is 5.75 Å². The molecule has 0 saturated carbocycles. The number of methoxy groups -OCH3 is 1. The second-order valence-electron chi connectivity index (χ2n) is 6.22. The molecule has 4 heteroatoms. The number of fused-ring (bicyclic) bond motifs is 1. The molecule has 4 nitrogen and oxygen atoms in total. The fourth-order valence-corrected chi connectivity index (χ4v) is 3.51. The second-order valence-corrected chi connectivity index (χ2v) is 6.22. The first kappa shape index (κ1) is 16.3. The number of nitrogens with zero attached hydrogens (tertiary/aromatic N) is 2. The third-order valence-corrected chi connectivity index (χ3v) is 4.45. The van der Waals surface area contributed by atoms with Crippen molar-refractivity contribution in [2.45, 2.75) is 38.5 Å². The zero-order valence-electron chi connectivity index (χ0n) is 13.8. The van der Waals surface area contributed by atoms with Crippen LogP contribution in [0.5, 0.6) is 5.75 Å². The number of hydrogen-bond acceptors (Lipinski definition) is 4. The van der Waals surface area contributed by atoms with Crippen LogP contribution in [0, 0.1) is 0 Å². The molecule has 0 aliphatic heterocycles. The smallest absolute Gasteiger partial charge is 0.119 e. The van der Waals surface area contributed by atoms with E-state index in [-0.39, 0.29) is 6.04 Å². The number of ether oxygens (including phenoxy) is 1. The summed E-state index contributed by atoms with van der Waals surface area (Å²) >= 11 is 0. The van der Waals surface area contributed by atoms with Crippen molar-refractivity contribution in [3.63, 3.8) is 0 Å². The van der Waals surface area contributed by atoms with E-state index in [1.807, 2.05) is 12.1 Å². The summed E-state index contributed by atoms with van der Waals surface area (Å²) in [6, 6.07) is 6.62. The lowest BCUT2D eigenvalue weighted by atomic mass is 10.1. The Morgan fingerprint density at radius 2 is 2.10 bits per heavy atom. The molecule has 0 aromatic heterocycles. The van der Waals surface area contributed by atoms with E-state index in [1.54, 1.807) is 7.11 Å². The van der Waals surface area contributed by atoms with Gasteiger partial charge in [-0.3, -0.25) is 4.90 Å². The molecule has 0 spiro atoms. The summed E-state index contributed by atoms with van der Waals surface area (Å²) < 4.78 is 5.28. The minimum absolute atomic E-state index is 0.159. The van der Waals surface area contributed by atoms with Crippen molar-refractivity contribution in [1.82, 2.24) is 9.80 Å². The minimum atomic E-state index is -0.431. The van der Waals surface area contributed by atoms with Gasteiger partial charge in [0.05, 0.1) is 13.2 Å². The molecule has 2 rings (SSSR count). The van der Waals surface area contributed by atoms with Crippen LogP contribution in [0.1, 0.15) is 31.1 Å². The quantitative estimate of drug-likeness (QED) is 0.869. The lowest BCUT2D eigenvalue weighted by molar-refractivity contribution is 0.0346. The molecule has 1 aromatic rings. The number of hydrogen-bond donors (Lipinski definition) is 1. The summed E-state index contributed by atoms with van der Waals surface area (Å²) in [6.45, 7) is 6.35. The fraction of sp³-hybridized carbons (Fsp3) is 0.647. The zero-order chi connectivity index (χ0) is 15.6. The van der Waals surface area contributed by atoms with E-state index in [0.717, 1.165) is 30.8 Å². The van der Waals surface area contributed by atoms with Crippen LogP contribution in [0.15, 0.2) is 18.2 Å². The van der Waals surface area contributed by atoms with Gasteiger partial charge in [0.15, 0.2) is 0 Å². The Kier molecular flexibility index (Phi) is 5.25. The van der Waals surface area contributed by atoms with Crippen LogP contribution in [-0.4, -0.2) is 61.3 Å². The van der Waals surface area contributed by atoms with Gasteiger partial charge in [-0.25, -0.2) is 0 Å². The van der Waals surface area contributed by atoms with E-state index < -0.39 is 6.10 Å². The molecule has 0 amide bonds. The minimum Gasteiger partial charge on any atom is -0.497 e. The van der Waals surface area contributed by atoms with Crippen LogP contribution in [0.3, 0.4) is 0 Å². The Hall–Kier alpha value is -1.10. The highest BCUT2D eigenvalue weighted by atomic mass is 16.5. The molecule has 0 saturated heterocycles. The molecule has 118 valence electrons. The molecular formula is C17H28N2O2. The largest absolute Gasteiger partial charge is 0.497 e. The monoisotopic (exact) mass is 292 g/mol. The predicted octanol–water partition coefficient (Wildman–Crippen LogP) is 1.93. The normalized spacial score (nSPS) is 22.7. The first-order valence-corrected chi connectivity index (χ1v) is 7.73. The molecule has 1 aliphatic rings. The number of aliphatic hydroxyl groups excluding tert-OH is 1. The Balaban J connectivity index is 2.18. The molecule has 3 atom stereocenters. The molecule has 1 aliphatic carbocycles. The van der Waals surface area contributed by atoms with Gasteiger partial charge in [-0.15, -0.1) is 0 Å². The van der Waals surface area contributed by atoms with Crippen LogP contribution in [-0.2, 0) is 6.42 Å². The topological polar surface area (TPSA) is 35.9 Å². The Labute approximate surface area is 128 Å². The number of aliphatic hydroxyl groups is 1. The fourth-order valence-electron chi connectivity index (χ4n) is 3.51. The van der Waals surface area contributed by atoms with Gasteiger partial charge in [0.2, 0.25) is 0 Å². The van der Waals surface area contributed by atoms with Gasteiger partial charge in [-0.1, -0.05) is 13.0 Å². The van der Waals surface area contributed by atoms with E-state index in [9.17, 15) is 5.11 Å². The van der Waals surface area contributed by atoms with Crippen LogP contribution in [0.2, 0.25) is 0 Å². The van der Waals surface area contributed by atoms with Crippen molar-refractivity contribution in [1.29, 1.82) is 0 Å². The first-order chi connectivity index (χ1) is 9.97. The summed E-state index contributed by atoms with van der Waals surface area (Å²) in [5, 5.41) is 10.7. The molecular weight excluding hydrogens is 264 g/mol. The van der Waals surface area contributed by atoms with Gasteiger partial charge >= 0.3 is 0 Å². The van der Waals surface area contributed by atoms with Crippen molar-refractivity contribution >= 4 is 0 Å². The third kappa shape index (κ3) is 3.39. The molecule has 0 heterocycles. The summed E-state index contributed by atoms with van der Waals surface area (Å²) in [4.78, 5) is 4.61. The van der Waals surface area contributed by atoms with Crippen LogP contribution in [0.4, 0.5) is 0 Å². The second kappa shape index (κ2) is 6.77. The van der Waals surface area contributed by atoms with E-state index >= 15 is 0 Å². The van der Waals surface area contributed by atoms with Gasteiger partial charge in [0.1, 0.15) is 5.75 Å². The van der Waals surface area contributed by atoms with Gasteiger partial charge in [0, 0.05) is 18.6 Å². The van der Waals surface area contributed by atoms with Gasteiger partial charge < -0.3 is 14.7 Å². The zero-order valence-corrected chi connectivity index (χ0v) is 13.8. The Morgan fingerprint density at radius 1 is 1.38 bits per heavy atom. The average Bonchev–Trinajstić information content (AvgIpc) is 2.76. The molecule has 3 unspecified atom stereocenters. The lowest BCUT2D eigenvalue weighted by Gasteiger charge is -2.36. The van der Waals surface area contributed by atoms with Crippen molar-refractivity contribution in [2.24, 2.45) is 0 Å². The maximum absolute atomic E-state index is 10.7.